The van der Waals surface area contributed by atoms with Gasteiger partial charge in [0.15, 0.2) is 5.82 Å². The molecule has 1 saturated carbocycles. The van der Waals surface area contributed by atoms with Crippen molar-refractivity contribution < 1.29 is 0 Å². The van der Waals surface area contributed by atoms with Crippen LogP contribution >= 0.6 is 0 Å². The minimum absolute atomic E-state index is 0.537. The summed E-state index contributed by atoms with van der Waals surface area (Å²) >= 11 is 0. The molecular formula is C16H22N4. The number of aromatic nitrogens is 3. The molecule has 4 nitrogen and oxygen atoms in total. The Morgan fingerprint density at radius 2 is 2.00 bits per heavy atom. The molecule has 4 heteroatoms. The number of rotatable bonds is 4. The summed E-state index contributed by atoms with van der Waals surface area (Å²) in [5.74, 6) is 1.50. The van der Waals surface area contributed by atoms with Gasteiger partial charge in [0, 0.05) is 13.1 Å². The van der Waals surface area contributed by atoms with Crippen LogP contribution < -0.4 is 5.32 Å². The second-order valence-corrected chi connectivity index (χ2v) is 5.62. The number of benzene rings is 1. The molecule has 20 heavy (non-hydrogen) atoms. The first-order valence-corrected chi connectivity index (χ1v) is 7.46. The molecule has 2 atom stereocenters. The summed E-state index contributed by atoms with van der Waals surface area (Å²) in [6.45, 7) is 0.759. The van der Waals surface area contributed by atoms with Crippen molar-refractivity contribution in [1.29, 1.82) is 0 Å². The second kappa shape index (κ2) is 6.18. The van der Waals surface area contributed by atoms with E-state index in [1.807, 2.05) is 7.05 Å². The van der Waals surface area contributed by atoms with Crippen molar-refractivity contribution in [3.05, 3.63) is 48.0 Å². The van der Waals surface area contributed by atoms with Crippen molar-refractivity contribution in [1.82, 2.24) is 20.1 Å². The Balaban J connectivity index is 1.66. The summed E-state index contributed by atoms with van der Waals surface area (Å²) in [4.78, 5) is 4.29. The van der Waals surface area contributed by atoms with Crippen molar-refractivity contribution in [2.75, 3.05) is 0 Å². The predicted molar refractivity (Wildman–Crippen MR) is 79.3 cm³/mol. The molecule has 1 aromatic heterocycles. The second-order valence-electron chi connectivity index (χ2n) is 5.62. The van der Waals surface area contributed by atoms with E-state index < -0.39 is 0 Å². The fraction of sp³-hybridized carbons (Fsp3) is 0.500. The number of hydrogen-bond acceptors (Lipinski definition) is 3. The smallest absolute Gasteiger partial charge is 0.164 e. The quantitative estimate of drug-likeness (QED) is 0.928. The molecule has 2 unspecified atom stereocenters. The zero-order valence-corrected chi connectivity index (χ0v) is 12.0. The van der Waals surface area contributed by atoms with Gasteiger partial charge in [0.2, 0.25) is 0 Å². The predicted octanol–water partition coefficient (Wildman–Crippen LogP) is 2.63. The average molecular weight is 270 g/mol. The monoisotopic (exact) mass is 270 g/mol. The third kappa shape index (κ3) is 3.07. The number of nitrogens with one attached hydrogen (secondary N) is 1. The molecular weight excluding hydrogens is 248 g/mol. The highest BCUT2D eigenvalue weighted by atomic mass is 15.3. The van der Waals surface area contributed by atoms with Gasteiger partial charge in [-0.15, -0.1) is 0 Å². The van der Waals surface area contributed by atoms with E-state index in [9.17, 15) is 0 Å². The van der Waals surface area contributed by atoms with Gasteiger partial charge in [0.05, 0.1) is 6.54 Å². The maximum absolute atomic E-state index is 4.34. The number of hydrogen-bond donors (Lipinski definition) is 1. The van der Waals surface area contributed by atoms with Crippen molar-refractivity contribution in [2.45, 2.75) is 44.2 Å². The summed E-state index contributed by atoms with van der Waals surface area (Å²) < 4.78 is 1.76. The van der Waals surface area contributed by atoms with Gasteiger partial charge in [-0.05, 0) is 24.3 Å². The van der Waals surface area contributed by atoms with E-state index in [0.29, 0.717) is 12.0 Å². The lowest BCUT2D eigenvalue weighted by molar-refractivity contribution is 0.324. The van der Waals surface area contributed by atoms with Crippen molar-refractivity contribution in [2.24, 2.45) is 7.05 Å². The minimum atomic E-state index is 0.537. The van der Waals surface area contributed by atoms with Gasteiger partial charge in [-0.1, -0.05) is 43.2 Å². The molecule has 0 aliphatic heterocycles. The van der Waals surface area contributed by atoms with E-state index >= 15 is 0 Å². The Hall–Kier alpha value is -1.68. The summed E-state index contributed by atoms with van der Waals surface area (Å²) in [5, 5.41) is 8.00. The summed E-state index contributed by atoms with van der Waals surface area (Å²) in [7, 11) is 1.91. The molecule has 1 aromatic carbocycles. The molecule has 0 spiro atoms. The van der Waals surface area contributed by atoms with Gasteiger partial charge < -0.3 is 5.32 Å². The van der Waals surface area contributed by atoms with Crippen LogP contribution in [0.25, 0.3) is 0 Å². The molecule has 106 valence electrons. The number of aryl methyl sites for hydroxylation is 1. The van der Waals surface area contributed by atoms with Crippen LogP contribution in [-0.2, 0) is 13.6 Å². The Morgan fingerprint density at radius 3 is 2.75 bits per heavy atom. The van der Waals surface area contributed by atoms with Gasteiger partial charge in [0.25, 0.3) is 0 Å². The Kier molecular flexibility index (Phi) is 4.11. The van der Waals surface area contributed by atoms with Crippen molar-refractivity contribution in [3.8, 4) is 0 Å². The van der Waals surface area contributed by atoms with E-state index in [4.69, 9.17) is 0 Å². The molecule has 0 amide bonds. The van der Waals surface area contributed by atoms with E-state index in [0.717, 1.165) is 12.4 Å². The molecule has 1 heterocycles. The van der Waals surface area contributed by atoms with E-state index in [2.05, 4.69) is 45.7 Å². The van der Waals surface area contributed by atoms with E-state index in [1.54, 1.807) is 11.0 Å². The molecule has 1 N–H and O–H groups in total. The van der Waals surface area contributed by atoms with Crippen LogP contribution in [0.5, 0.6) is 0 Å². The van der Waals surface area contributed by atoms with Gasteiger partial charge in [-0.25, -0.2) is 4.98 Å². The van der Waals surface area contributed by atoms with Crippen molar-refractivity contribution in [3.63, 3.8) is 0 Å². The summed E-state index contributed by atoms with van der Waals surface area (Å²) in [6.07, 6.45) is 6.92. The SMILES string of the molecule is Cn1cnc(CNC2CCCCC2c2ccccc2)n1. The lowest BCUT2D eigenvalue weighted by Crippen LogP contribution is -2.37. The first-order valence-electron chi connectivity index (χ1n) is 7.46. The van der Waals surface area contributed by atoms with Gasteiger partial charge >= 0.3 is 0 Å². The van der Waals surface area contributed by atoms with Crippen LogP contribution in [0.15, 0.2) is 36.7 Å². The molecule has 1 fully saturated rings. The topological polar surface area (TPSA) is 42.7 Å². The lowest BCUT2D eigenvalue weighted by atomic mass is 9.80. The van der Waals surface area contributed by atoms with Crippen molar-refractivity contribution >= 4 is 0 Å². The maximum atomic E-state index is 4.34. The van der Waals surface area contributed by atoms with E-state index in [1.165, 1.54) is 31.2 Å². The van der Waals surface area contributed by atoms with E-state index in [-0.39, 0.29) is 0 Å². The Morgan fingerprint density at radius 1 is 1.20 bits per heavy atom. The van der Waals surface area contributed by atoms with Gasteiger partial charge in [-0.3, -0.25) is 4.68 Å². The maximum Gasteiger partial charge on any atom is 0.164 e. The molecule has 2 aromatic rings. The third-order valence-electron chi connectivity index (χ3n) is 4.16. The van der Waals surface area contributed by atoms with Crippen LogP contribution in [0.1, 0.15) is 43.0 Å². The normalized spacial score (nSPS) is 22.9. The largest absolute Gasteiger partial charge is 0.306 e. The van der Waals surface area contributed by atoms with Crippen LogP contribution in [0, 0.1) is 0 Å². The molecule has 3 rings (SSSR count). The van der Waals surface area contributed by atoms with Gasteiger partial charge in [-0.2, -0.15) is 5.10 Å². The first kappa shape index (κ1) is 13.3. The van der Waals surface area contributed by atoms with Gasteiger partial charge in [0.1, 0.15) is 6.33 Å². The van der Waals surface area contributed by atoms with Crippen LogP contribution in [0.4, 0.5) is 0 Å². The van der Waals surface area contributed by atoms with Crippen LogP contribution in [-0.4, -0.2) is 20.8 Å². The third-order valence-corrected chi connectivity index (χ3v) is 4.16. The van der Waals surface area contributed by atoms with Crippen LogP contribution in [0.2, 0.25) is 0 Å². The number of nitrogens with zero attached hydrogens (tertiary/aromatic N) is 3. The standard InChI is InChI=1S/C16H22N4/c1-20-12-18-16(19-20)11-17-15-10-6-5-9-14(15)13-7-3-2-4-8-13/h2-4,7-8,12,14-15,17H,5-6,9-11H2,1H3. The molecule has 1 aliphatic carbocycles. The Labute approximate surface area is 120 Å². The zero-order chi connectivity index (χ0) is 13.8. The first-order chi connectivity index (χ1) is 9.83. The highest BCUT2D eigenvalue weighted by Crippen LogP contribution is 2.33. The fourth-order valence-corrected chi connectivity index (χ4v) is 3.16. The summed E-state index contributed by atoms with van der Waals surface area (Å²) in [5.41, 5.74) is 1.46. The molecule has 0 radical (unpaired) electrons. The zero-order valence-electron chi connectivity index (χ0n) is 12.0. The Bertz CT molecular complexity index is 534. The minimum Gasteiger partial charge on any atom is -0.306 e. The highest BCUT2D eigenvalue weighted by Gasteiger charge is 2.26. The summed E-state index contributed by atoms with van der Waals surface area (Å²) in [6, 6.07) is 11.4. The lowest BCUT2D eigenvalue weighted by Gasteiger charge is -2.32. The average Bonchev–Trinajstić information content (AvgIpc) is 2.92. The fourth-order valence-electron chi connectivity index (χ4n) is 3.16. The molecule has 0 bridgehead atoms. The molecule has 1 aliphatic rings. The highest BCUT2D eigenvalue weighted by molar-refractivity contribution is 5.22. The molecule has 0 saturated heterocycles. The van der Waals surface area contributed by atoms with Crippen LogP contribution in [0.3, 0.4) is 0 Å².